The predicted molar refractivity (Wildman–Crippen MR) is 111 cm³/mol. The number of aromatic amines is 1. The van der Waals surface area contributed by atoms with E-state index in [1.165, 1.54) is 0 Å². The van der Waals surface area contributed by atoms with Gasteiger partial charge in [0.25, 0.3) is 0 Å². The van der Waals surface area contributed by atoms with E-state index < -0.39 is 0 Å². The zero-order chi connectivity index (χ0) is 19.8. The third-order valence-corrected chi connectivity index (χ3v) is 3.90. The molecule has 0 atom stereocenters. The summed E-state index contributed by atoms with van der Waals surface area (Å²) < 4.78 is 5.29. The zero-order valence-corrected chi connectivity index (χ0v) is 16.5. The molecule has 0 aliphatic heterocycles. The van der Waals surface area contributed by atoms with Crippen LogP contribution in [0, 0.1) is 13.8 Å². The van der Waals surface area contributed by atoms with Crippen molar-refractivity contribution in [3.8, 4) is 0 Å². The second-order valence-electron chi connectivity index (χ2n) is 6.04. The van der Waals surface area contributed by atoms with Crippen LogP contribution in [0.5, 0.6) is 0 Å². The average Bonchev–Trinajstić information content (AvgIpc) is 3.33. The fourth-order valence-corrected chi connectivity index (χ4v) is 2.61. The Hall–Kier alpha value is -3.27. The Balaban J connectivity index is 1.64. The maximum absolute atomic E-state index is 5.36. The van der Waals surface area contributed by atoms with E-state index in [0.29, 0.717) is 36.5 Å². The van der Waals surface area contributed by atoms with Crippen LogP contribution in [0.25, 0.3) is 0 Å². The summed E-state index contributed by atoms with van der Waals surface area (Å²) in [5.74, 6) is 1.70. The van der Waals surface area contributed by atoms with E-state index in [-0.39, 0.29) is 0 Å². The highest BCUT2D eigenvalue weighted by Crippen LogP contribution is 2.04. The van der Waals surface area contributed by atoms with Gasteiger partial charge in [0.05, 0.1) is 19.1 Å². The molecule has 10 heteroatoms. The average molecular weight is 398 g/mol. The van der Waals surface area contributed by atoms with Gasteiger partial charge in [-0.1, -0.05) is 0 Å². The van der Waals surface area contributed by atoms with E-state index in [1.807, 2.05) is 32.0 Å². The Morgan fingerprint density at radius 2 is 2.11 bits per heavy atom. The second-order valence-corrected chi connectivity index (χ2v) is 6.45. The van der Waals surface area contributed by atoms with Crippen LogP contribution in [0.15, 0.2) is 46.4 Å². The van der Waals surface area contributed by atoms with Gasteiger partial charge in [-0.05, 0) is 44.3 Å². The normalized spacial score (nSPS) is 11.3. The van der Waals surface area contributed by atoms with E-state index in [9.17, 15) is 0 Å². The summed E-state index contributed by atoms with van der Waals surface area (Å²) in [6, 6.07) is 5.61. The molecule has 28 heavy (non-hydrogen) atoms. The van der Waals surface area contributed by atoms with Crippen LogP contribution in [0.4, 0.5) is 5.95 Å². The van der Waals surface area contributed by atoms with Gasteiger partial charge in [0.1, 0.15) is 5.76 Å². The van der Waals surface area contributed by atoms with Crippen molar-refractivity contribution in [1.29, 1.82) is 0 Å². The summed E-state index contributed by atoms with van der Waals surface area (Å²) in [7, 11) is 0. The number of H-pyrrole nitrogens is 1. The van der Waals surface area contributed by atoms with Crippen molar-refractivity contribution in [3.63, 3.8) is 0 Å². The first-order chi connectivity index (χ1) is 13.6. The first-order valence-electron chi connectivity index (χ1n) is 8.77. The Labute approximate surface area is 168 Å². The van der Waals surface area contributed by atoms with Gasteiger partial charge in [0, 0.05) is 36.2 Å². The number of thiocarbonyl (C=S) groups is 1. The molecule has 0 aliphatic rings. The van der Waals surface area contributed by atoms with Crippen molar-refractivity contribution in [1.82, 2.24) is 30.6 Å². The number of rotatable bonds is 6. The SMILES string of the molecule is Cc1cc(C)nc(NC(=NCCc2cnc[nH]2)NC(=S)NCc2ccco2)n1. The first-order valence-corrected chi connectivity index (χ1v) is 9.17. The highest BCUT2D eigenvalue weighted by atomic mass is 32.1. The molecule has 146 valence electrons. The maximum atomic E-state index is 5.36. The molecule has 9 nitrogen and oxygen atoms in total. The third kappa shape index (κ3) is 6.16. The Kier molecular flexibility index (Phi) is 6.68. The molecule has 3 aromatic rings. The molecule has 3 aromatic heterocycles. The fraction of sp³-hybridized carbons (Fsp3) is 0.278. The number of anilines is 1. The molecule has 0 spiro atoms. The molecule has 0 radical (unpaired) electrons. The molecule has 0 saturated heterocycles. The van der Waals surface area contributed by atoms with E-state index in [1.54, 1.807) is 18.8 Å². The number of aliphatic imine (C=N–C) groups is 1. The monoisotopic (exact) mass is 398 g/mol. The van der Waals surface area contributed by atoms with Gasteiger partial charge < -0.3 is 20.0 Å². The van der Waals surface area contributed by atoms with Gasteiger partial charge in [0.2, 0.25) is 11.9 Å². The lowest BCUT2D eigenvalue weighted by molar-refractivity contribution is 0.503. The summed E-state index contributed by atoms with van der Waals surface area (Å²) in [5.41, 5.74) is 2.74. The third-order valence-electron chi connectivity index (χ3n) is 3.65. The standard InChI is InChI=1S/C18H22N8OS/c1-12-8-13(2)24-17(23-12)25-16(20-6-5-14-9-19-11-22-14)26-18(28)21-10-15-4-3-7-27-15/h3-4,7-9,11H,5-6,10H2,1-2H3,(H,19,22)(H3,20,21,23,24,25,26,28). The fourth-order valence-electron chi connectivity index (χ4n) is 2.44. The molecule has 0 saturated carbocycles. The molecule has 0 amide bonds. The van der Waals surface area contributed by atoms with Crippen LogP contribution in [-0.2, 0) is 13.0 Å². The highest BCUT2D eigenvalue weighted by molar-refractivity contribution is 7.80. The number of nitrogens with zero attached hydrogens (tertiary/aromatic N) is 4. The topological polar surface area (TPSA) is 116 Å². The zero-order valence-electron chi connectivity index (χ0n) is 15.7. The van der Waals surface area contributed by atoms with E-state index in [0.717, 1.165) is 22.8 Å². The van der Waals surface area contributed by atoms with Crippen molar-refractivity contribution in [2.75, 3.05) is 11.9 Å². The molecule has 0 fully saturated rings. The number of furan rings is 1. The van der Waals surface area contributed by atoms with E-state index in [4.69, 9.17) is 16.6 Å². The van der Waals surface area contributed by atoms with Crippen molar-refractivity contribution in [2.24, 2.45) is 4.99 Å². The van der Waals surface area contributed by atoms with Crippen molar-refractivity contribution < 1.29 is 4.42 Å². The summed E-state index contributed by atoms with van der Waals surface area (Å²) in [6.45, 7) is 4.83. The Bertz CT molecular complexity index is 901. The van der Waals surface area contributed by atoms with Crippen LogP contribution in [0.2, 0.25) is 0 Å². The van der Waals surface area contributed by atoms with Crippen molar-refractivity contribution >= 4 is 29.2 Å². The lowest BCUT2D eigenvalue weighted by Gasteiger charge is -2.13. The smallest absolute Gasteiger partial charge is 0.229 e. The number of hydrogen-bond donors (Lipinski definition) is 4. The molecule has 0 bridgehead atoms. The minimum absolute atomic E-state index is 0.411. The summed E-state index contributed by atoms with van der Waals surface area (Å²) >= 11 is 5.36. The minimum Gasteiger partial charge on any atom is -0.467 e. The molecule has 0 unspecified atom stereocenters. The summed E-state index contributed by atoms with van der Waals surface area (Å²) in [4.78, 5) is 20.4. The summed E-state index contributed by atoms with van der Waals surface area (Å²) in [5, 5.41) is 9.65. The largest absolute Gasteiger partial charge is 0.467 e. The van der Waals surface area contributed by atoms with Gasteiger partial charge in [0.15, 0.2) is 5.11 Å². The Morgan fingerprint density at radius 3 is 2.79 bits per heavy atom. The molecular weight excluding hydrogens is 376 g/mol. The van der Waals surface area contributed by atoms with Gasteiger partial charge in [-0.3, -0.25) is 10.3 Å². The lowest BCUT2D eigenvalue weighted by atomic mass is 10.3. The minimum atomic E-state index is 0.411. The summed E-state index contributed by atoms with van der Waals surface area (Å²) in [6.07, 6.45) is 5.76. The van der Waals surface area contributed by atoms with Crippen LogP contribution in [0.3, 0.4) is 0 Å². The maximum Gasteiger partial charge on any atom is 0.229 e. The number of aryl methyl sites for hydroxylation is 2. The van der Waals surface area contributed by atoms with E-state index >= 15 is 0 Å². The molecule has 0 aliphatic carbocycles. The lowest BCUT2D eigenvalue weighted by Crippen LogP contribution is -2.42. The predicted octanol–water partition coefficient (Wildman–Crippen LogP) is 2.08. The van der Waals surface area contributed by atoms with Gasteiger partial charge >= 0.3 is 0 Å². The van der Waals surface area contributed by atoms with Crippen molar-refractivity contribution in [2.45, 2.75) is 26.8 Å². The first kappa shape index (κ1) is 19.5. The molecule has 0 aromatic carbocycles. The van der Waals surface area contributed by atoms with Crippen LogP contribution >= 0.6 is 12.2 Å². The quantitative estimate of drug-likeness (QED) is 0.283. The van der Waals surface area contributed by atoms with Gasteiger partial charge in [-0.2, -0.15) is 0 Å². The Morgan fingerprint density at radius 1 is 1.29 bits per heavy atom. The molecule has 3 heterocycles. The number of guanidine groups is 1. The number of imidazole rings is 1. The van der Waals surface area contributed by atoms with Crippen LogP contribution in [-0.4, -0.2) is 37.6 Å². The van der Waals surface area contributed by atoms with Crippen molar-refractivity contribution in [3.05, 3.63) is 59.8 Å². The van der Waals surface area contributed by atoms with Gasteiger partial charge in [-0.15, -0.1) is 0 Å². The number of aromatic nitrogens is 4. The van der Waals surface area contributed by atoms with Crippen LogP contribution in [0.1, 0.15) is 22.8 Å². The number of nitrogens with one attached hydrogen (secondary N) is 4. The molecular formula is C18H22N8OS. The molecule has 3 rings (SSSR count). The molecule has 4 N–H and O–H groups in total. The van der Waals surface area contributed by atoms with E-state index in [2.05, 4.69) is 40.9 Å². The second kappa shape index (κ2) is 9.60. The number of hydrogen-bond acceptors (Lipinski definition) is 6. The van der Waals surface area contributed by atoms with Crippen LogP contribution < -0.4 is 16.0 Å². The van der Waals surface area contributed by atoms with Gasteiger partial charge in [-0.25, -0.2) is 15.0 Å². The highest BCUT2D eigenvalue weighted by Gasteiger charge is 2.07.